The van der Waals surface area contributed by atoms with Gasteiger partial charge in [-0.05, 0) is 213 Å². The molecule has 0 bridgehead atoms. The van der Waals surface area contributed by atoms with Crippen LogP contribution >= 0.6 is 0 Å². The highest BCUT2D eigenvalue weighted by Gasteiger charge is 2.23. The molecule has 28 aromatic rings. The maximum Gasteiger partial charge on any atom is 0.146 e. The topological polar surface area (TPSA) is 90.6 Å². The molecule has 0 spiro atoms. The summed E-state index contributed by atoms with van der Waals surface area (Å²) in [5, 5.41) is 23.9. The predicted molar refractivity (Wildman–Crippen MR) is 532 cm³/mol. The molecule has 0 aliphatic heterocycles. The molecule has 9 aromatic heterocycles. The lowest BCUT2D eigenvalue weighted by atomic mass is 9.92. The third-order valence-corrected chi connectivity index (χ3v) is 26.2. The van der Waals surface area contributed by atoms with Crippen molar-refractivity contribution in [3.63, 3.8) is 0 Å². The van der Waals surface area contributed by atoms with Crippen molar-refractivity contribution in [1.29, 1.82) is 0 Å². The molecule has 0 N–H and O–H groups in total. The second-order valence-electron chi connectivity index (χ2n) is 33.2. The maximum atomic E-state index is 5.13. The van der Waals surface area contributed by atoms with Gasteiger partial charge in [0.05, 0.1) is 66.2 Å². The lowest BCUT2D eigenvalue weighted by Gasteiger charge is -2.14. The average molecular weight is 1610 g/mol. The van der Waals surface area contributed by atoms with Crippen LogP contribution in [-0.4, -0.2) is 43.1 Å². The Morgan fingerprint density at radius 3 is 0.929 bits per heavy atom. The minimum Gasteiger partial charge on any atom is -0.292 e. The van der Waals surface area contributed by atoms with Gasteiger partial charge in [0.25, 0.3) is 0 Å². The molecular formula is C118H71N9. The molecule has 0 aliphatic carbocycles. The van der Waals surface area contributed by atoms with E-state index in [0.717, 1.165) is 132 Å². The van der Waals surface area contributed by atoms with Crippen LogP contribution in [0.1, 0.15) is 0 Å². The predicted octanol–water partition coefficient (Wildman–Crippen LogP) is 30.6. The number of benzene rings is 19. The van der Waals surface area contributed by atoms with Gasteiger partial charge < -0.3 is 0 Å². The zero-order chi connectivity index (χ0) is 83.3. The number of rotatable bonds is 6. The lowest BCUT2D eigenvalue weighted by molar-refractivity contribution is 1.31. The Labute approximate surface area is 726 Å². The number of imidazole rings is 3. The maximum absolute atomic E-state index is 5.13. The van der Waals surface area contributed by atoms with E-state index in [4.69, 9.17) is 29.9 Å². The van der Waals surface area contributed by atoms with Crippen LogP contribution in [0.2, 0.25) is 0 Å². The molecule has 19 aromatic carbocycles. The van der Waals surface area contributed by atoms with Crippen LogP contribution in [0.3, 0.4) is 0 Å². The molecule has 0 saturated carbocycles. The molecule has 0 saturated heterocycles. The fraction of sp³-hybridized carbons (Fsp3) is 0. The standard InChI is InChI=1S/C42H25N3.2C38H23N3/c1-2-10-31-30(8-1)24-36(33-12-4-3-11-32(31)33)27-17-15-26(16-18-27)29-20-21-34-39(25-29)45-38-14-6-5-13-37(38)44-42(45)35-22-19-28-9-7-23-43-41(28)40(34)35;1-2-10-29-25(7-1)8-5-11-30(29)26-16-14-24(15-17-26)28-19-20-31-35(23-28)41-34-13-4-3-12-33(34)40-38(41)32-21-18-27-9-6-22-39-37(27)36(31)32;1-2-7-28-22-29(16-15-24(28)6-1)25-11-13-26(14-12-25)30-18-19-31-35(23-30)41-34-10-4-3-9-33(34)40-38(41)32-20-17-27-8-5-21-39-37(27)36(31)32/h1-25H;2*1-23H. The molecule has 0 fully saturated rings. The molecule has 9 nitrogen and oxygen atoms in total. The summed E-state index contributed by atoms with van der Waals surface area (Å²) in [4.78, 5) is 29.8. The molecule has 0 amide bonds. The smallest absolute Gasteiger partial charge is 0.146 e. The van der Waals surface area contributed by atoms with Crippen LogP contribution in [0.15, 0.2) is 431 Å². The summed E-state index contributed by atoms with van der Waals surface area (Å²) < 4.78 is 6.95. The van der Waals surface area contributed by atoms with Crippen molar-refractivity contribution in [2.45, 2.75) is 0 Å². The molecule has 127 heavy (non-hydrogen) atoms. The zero-order valence-electron chi connectivity index (χ0n) is 68.5. The van der Waals surface area contributed by atoms with Crippen molar-refractivity contribution in [3.8, 4) is 66.8 Å². The van der Waals surface area contributed by atoms with Crippen LogP contribution in [0.25, 0.3) is 258 Å². The molecule has 0 radical (unpaired) electrons. The second kappa shape index (κ2) is 28.8. The van der Waals surface area contributed by atoms with Gasteiger partial charge in [-0.1, -0.05) is 309 Å². The Bertz CT molecular complexity index is 9470. The van der Waals surface area contributed by atoms with Crippen molar-refractivity contribution in [2.75, 3.05) is 0 Å². The minimum atomic E-state index is 0.960. The molecule has 0 unspecified atom stereocenters. The van der Waals surface area contributed by atoms with E-state index in [-0.39, 0.29) is 0 Å². The Kier molecular flexibility index (Phi) is 16.2. The Balaban J connectivity index is 0.000000101. The fourth-order valence-electron chi connectivity index (χ4n) is 20.2. The number of para-hydroxylation sites is 6. The number of hydrogen-bond acceptors (Lipinski definition) is 6. The summed E-state index contributed by atoms with van der Waals surface area (Å²) in [5.41, 5.74) is 30.1. The van der Waals surface area contributed by atoms with Crippen LogP contribution in [0.4, 0.5) is 0 Å². The van der Waals surface area contributed by atoms with Gasteiger partial charge >= 0.3 is 0 Å². The number of pyridine rings is 6. The van der Waals surface area contributed by atoms with Crippen LogP contribution in [-0.2, 0) is 0 Å². The monoisotopic (exact) mass is 1610 g/mol. The lowest BCUT2D eigenvalue weighted by Crippen LogP contribution is -1.94. The molecule has 0 aliphatic rings. The molecule has 28 rings (SSSR count). The Morgan fingerprint density at radius 1 is 0.157 bits per heavy atom. The van der Waals surface area contributed by atoms with Gasteiger partial charge in [0.2, 0.25) is 0 Å². The highest BCUT2D eigenvalue weighted by molar-refractivity contribution is 6.27. The first-order valence-corrected chi connectivity index (χ1v) is 43.2. The summed E-state index contributed by atoms with van der Waals surface area (Å²) in [6.07, 6.45) is 5.64. The van der Waals surface area contributed by atoms with E-state index in [1.165, 1.54) is 126 Å². The molecule has 0 atom stereocenters. The van der Waals surface area contributed by atoms with Gasteiger partial charge in [0.1, 0.15) is 16.9 Å². The third kappa shape index (κ3) is 11.6. The van der Waals surface area contributed by atoms with Gasteiger partial charge in [-0.2, -0.15) is 0 Å². The highest BCUT2D eigenvalue weighted by atomic mass is 15.0. The van der Waals surface area contributed by atoms with Gasteiger partial charge in [-0.3, -0.25) is 28.2 Å². The third-order valence-electron chi connectivity index (χ3n) is 26.2. The molecule has 9 heteroatoms. The van der Waals surface area contributed by atoms with Crippen LogP contribution < -0.4 is 0 Å². The van der Waals surface area contributed by atoms with Gasteiger partial charge in [0.15, 0.2) is 0 Å². The zero-order valence-corrected chi connectivity index (χ0v) is 68.5. The van der Waals surface area contributed by atoms with Crippen LogP contribution in [0.5, 0.6) is 0 Å². The first-order valence-electron chi connectivity index (χ1n) is 43.2. The minimum absolute atomic E-state index is 0.960. The summed E-state index contributed by atoms with van der Waals surface area (Å²) in [7, 11) is 0. The summed E-state index contributed by atoms with van der Waals surface area (Å²) >= 11 is 0. The highest BCUT2D eigenvalue weighted by Crippen LogP contribution is 2.45. The molecule has 9 heterocycles. The number of hydrogen-bond donors (Lipinski definition) is 0. The van der Waals surface area contributed by atoms with Gasteiger partial charge in [-0.15, -0.1) is 0 Å². The summed E-state index contributed by atoms with van der Waals surface area (Å²) in [6.45, 7) is 0. The van der Waals surface area contributed by atoms with Crippen molar-refractivity contribution in [2.24, 2.45) is 0 Å². The molecular weight excluding hydrogens is 1540 g/mol. The Morgan fingerprint density at radius 2 is 0.472 bits per heavy atom. The van der Waals surface area contributed by atoms with Gasteiger partial charge in [0, 0.05) is 83.2 Å². The van der Waals surface area contributed by atoms with E-state index in [1.807, 2.05) is 36.8 Å². The quantitative estimate of drug-likeness (QED) is 0.154. The summed E-state index contributed by atoms with van der Waals surface area (Å²) in [5.74, 6) is 0. The first-order chi connectivity index (χ1) is 63.0. The van der Waals surface area contributed by atoms with Crippen molar-refractivity contribution >= 4 is 191 Å². The largest absolute Gasteiger partial charge is 0.292 e. The van der Waals surface area contributed by atoms with E-state index in [0.29, 0.717) is 0 Å². The fourth-order valence-corrected chi connectivity index (χ4v) is 20.2. The summed E-state index contributed by atoms with van der Waals surface area (Å²) in [6, 6.07) is 148. The van der Waals surface area contributed by atoms with Gasteiger partial charge in [-0.25, -0.2) is 15.0 Å². The van der Waals surface area contributed by atoms with Crippen molar-refractivity contribution < 1.29 is 0 Å². The van der Waals surface area contributed by atoms with E-state index < -0.39 is 0 Å². The van der Waals surface area contributed by atoms with Crippen LogP contribution in [0, 0.1) is 0 Å². The Hall–Kier alpha value is -17.1. The van der Waals surface area contributed by atoms with E-state index in [1.54, 1.807) is 0 Å². The number of nitrogens with zero attached hydrogens (tertiary/aromatic N) is 9. The number of fused-ring (bicyclic) bond motifs is 35. The normalized spacial score (nSPS) is 11.9. The van der Waals surface area contributed by atoms with E-state index in [2.05, 4.69) is 408 Å². The van der Waals surface area contributed by atoms with E-state index >= 15 is 0 Å². The SMILES string of the molecule is c1ccc2c(-c3ccc(-c4ccc5c6c(ccc7cccnc76)c6nc7ccccc7n6c5c4)cc3)cccc2c1.c1ccc2c(c1)cc(-c1ccc(-c3ccc4c5c(ccc6cccnc65)c5nc6ccccc6n5c4c3)cc1)c1ccccc12.c1ccc2cc(-c3ccc(-c4ccc5c6c(ccc7cccnc76)c6nc7ccccc7n6c5c4)cc3)ccc2c1. The van der Waals surface area contributed by atoms with E-state index in [9.17, 15) is 0 Å². The molecule has 588 valence electrons. The number of aromatic nitrogens is 9. The second-order valence-corrected chi connectivity index (χ2v) is 33.2. The van der Waals surface area contributed by atoms with Crippen molar-refractivity contribution in [1.82, 2.24) is 43.1 Å². The van der Waals surface area contributed by atoms with Crippen molar-refractivity contribution in [3.05, 3.63) is 431 Å². The first kappa shape index (κ1) is 71.6. The average Bonchev–Trinajstić information content (AvgIpc) is 1.63.